The second-order valence-electron chi connectivity index (χ2n) is 4.49. The Balaban J connectivity index is 1.79. The highest BCUT2D eigenvalue weighted by atomic mass is 35.5. The summed E-state index contributed by atoms with van der Waals surface area (Å²) < 4.78 is 5.21. The topological polar surface area (TPSA) is 39.2 Å². The van der Waals surface area contributed by atoms with Crippen LogP contribution in [0.2, 0.25) is 5.02 Å². The minimum absolute atomic E-state index is 0.361. The molecular weight excluding hydrogens is 274 g/mol. The van der Waals surface area contributed by atoms with Gasteiger partial charge in [0, 0.05) is 11.4 Å². The van der Waals surface area contributed by atoms with E-state index >= 15 is 0 Å². The molecule has 0 spiro atoms. The van der Waals surface area contributed by atoms with Gasteiger partial charge in [0.15, 0.2) is 0 Å². The van der Waals surface area contributed by atoms with Gasteiger partial charge < -0.3 is 4.74 Å². The zero-order valence-electron chi connectivity index (χ0n) is 11.3. The van der Waals surface area contributed by atoms with Crippen LogP contribution in [0.4, 0.5) is 0 Å². The van der Waals surface area contributed by atoms with Crippen LogP contribution < -0.4 is 0 Å². The van der Waals surface area contributed by atoms with Crippen molar-refractivity contribution in [1.29, 1.82) is 0 Å². The van der Waals surface area contributed by atoms with Crippen LogP contribution in [0.15, 0.2) is 42.5 Å². The number of halogens is 1. The average Bonchev–Trinajstić information content (AvgIpc) is 2.44. The van der Waals surface area contributed by atoms with Crippen molar-refractivity contribution in [2.45, 2.75) is 19.8 Å². The van der Waals surface area contributed by atoms with Crippen LogP contribution >= 0.6 is 11.6 Å². The molecular formula is C16H16ClNO2. The number of hydrogen-bond donors (Lipinski definition) is 0. The first-order valence-electron chi connectivity index (χ1n) is 6.51. The molecule has 1 aromatic carbocycles. The van der Waals surface area contributed by atoms with Crippen LogP contribution in [0, 0.1) is 6.92 Å². The van der Waals surface area contributed by atoms with E-state index in [0.717, 1.165) is 24.2 Å². The molecule has 104 valence electrons. The van der Waals surface area contributed by atoms with Gasteiger partial charge >= 0.3 is 5.97 Å². The van der Waals surface area contributed by atoms with Gasteiger partial charge in [0.2, 0.25) is 0 Å². The van der Waals surface area contributed by atoms with Crippen molar-refractivity contribution >= 4 is 17.6 Å². The number of esters is 1. The predicted molar refractivity (Wildman–Crippen MR) is 79.0 cm³/mol. The summed E-state index contributed by atoms with van der Waals surface area (Å²) in [5, 5.41) is 0.415. The number of carbonyl (C=O) groups is 1. The minimum atomic E-state index is -0.382. The summed E-state index contributed by atoms with van der Waals surface area (Å²) >= 11 is 5.93. The van der Waals surface area contributed by atoms with Crippen molar-refractivity contribution in [3.05, 3.63) is 64.4 Å². The molecule has 0 unspecified atom stereocenters. The summed E-state index contributed by atoms with van der Waals surface area (Å²) in [6.07, 6.45) is 1.53. The smallest absolute Gasteiger partial charge is 0.339 e. The van der Waals surface area contributed by atoms with E-state index in [9.17, 15) is 4.79 Å². The highest BCUT2D eigenvalue weighted by Gasteiger charge is 2.10. The molecule has 0 aliphatic rings. The fourth-order valence-electron chi connectivity index (χ4n) is 1.86. The summed E-state index contributed by atoms with van der Waals surface area (Å²) in [6.45, 7) is 2.32. The maximum atomic E-state index is 11.8. The van der Waals surface area contributed by atoms with Crippen molar-refractivity contribution in [2.75, 3.05) is 6.61 Å². The van der Waals surface area contributed by atoms with Crippen LogP contribution in [-0.2, 0) is 11.2 Å². The van der Waals surface area contributed by atoms with Gasteiger partial charge in [0.05, 0.1) is 17.2 Å². The molecule has 3 nitrogen and oxygen atoms in total. The van der Waals surface area contributed by atoms with E-state index in [-0.39, 0.29) is 5.97 Å². The summed E-state index contributed by atoms with van der Waals surface area (Å²) in [5.74, 6) is -0.382. The fourth-order valence-corrected chi connectivity index (χ4v) is 2.07. The highest BCUT2D eigenvalue weighted by molar-refractivity contribution is 6.33. The number of aryl methyl sites for hydroxylation is 2. The molecule has 0 saturated carbocycles. The number of pyridine rings is 1. The largest absolute Gasteiger partial charge is 0.462 e. The molecule has 1 aromatic heterocycles. The average molecular weight is 290 g/mol. The molecule has 0 bridgehead atoms. The van der Waals surface area contributed by atoms with E-state index in [1.807, 2.05) is 25.1 Å². The van der Waals surface area contributed by atoms with E-state index < -0.39 is 0 Å². The normalized spacial score (nSPS) is 10.3. The Labute approximate surface area is 123 Å². The summed E-state index contributed by atoms with van der Waals surface area (Å²) in [5.41, 5.74) is 2.41. The quantitative estimate of drug-likeness (QED) is 0.620. The third kappa shape index (κ3) is 4.07. The Morgan fingerprint density at radius 1 is 1.20 bits per heavy atom. The molecule has 20 heavy (non-hydrogen) atoms. The first kappa shape index (κ1) is 14.5. The van der Waals surface area contributed by atoms with Crippen LogP contribution in [0.5, 0.6) is 0 Å². The van der Waals surface area contributed by atoms with Crippen LogP contribution in [0.25, 0.3) is 0 Å². The van der Waals surface area contributed by atoms with Crippen LogP contribution in [0.3, 0.4) is 0 Å². The van der Waals surface area contributed by atoms with E-state index in [2.05, 4.69) is 4.98 Å². The van der Waals surface area contributed by atoms with Gasteiger partial charge in [0.25, 0.3) is 0 Å². The van der Waals surface area contributed by atoms with E-state index in [1.54, 1.807) is 24.3 Å². The third-order valence-corrected chi connectivity index (χ3v) is 3.18. The molecule has 0 fully saturated rings. The van der Waals surface area contributed by atoms with Crippen molar-refractivity contribution in [3.8, 4) is 0 Å². The van der Waals surface area contributed by atoms with Crippen LogP contribution in [-0.4, -0.2) is 17.6 Å². The molecule has 0 saturated heterocycles. The van der Waals surface area contributed by atoms with E-state index in [0.29, 0.717) is 17.2 Å². The molecule has 0 aliphatic carbocycles. The molecule has 2 aromatic rings. The Morgan fingerprint density at radius 3 is 2.75 bits per heavy atom. The van der Waals surface area contributed by atoms with Gasteiger partial charge in [-0.1, -0.05) is 29.8 Å². The number of carbonyl (C=O) groups excluding carboxylic acids is 1. The van der Waals surface area contributed by atoms with Gasteiger partial charge in [0.1, 0.15) is 0 Å². The van der Waals surface area contributed by atoms with Crippen LogP contribution in [0.1, 0.15) is 28.2 Å². The van der Waals surface area contributed by atoms with Gasteiger partial charge in [-0.2, -0.15) is 0 Å². The maximum absolute atomic E-state index is 11.8. The second kappa shape index (κ2) is 7.06. The summed E-state index contributed by atoms with van der Waals surface area (Å²) in [7, 11) is 0. The SMILES string of the molecule is Cc1cccc(CCCOC(=O)c2ccccc2Cl)n1. The minimum Gasteiger partial charge on any atom is -0.462 e. The monoisotopic (exact) mass is 289 g/mol. The lowest BCUT2D eigenvalue weighted by Gasteiger charge is -2.06. The molecule has 1 heterocycles. The van der Waals surface area contributed by atoms with Gasteiger partial charge in [-0.15, -0.1) is 0 Å². The van der Waals surface area contributed by atoms with Crippen molar-refractivity contribution in [3.63, 3.8) is 0 Å². The number of aromatic nitrogens is 1. The van der Waals surface area contributed by atoms with Crippen molar-refractivity contribution in [1.82, 2.24) is 4.98 Å². The number of ether oxygens (including phenoxy) is 1. The lowest BCUT2D eigenvalue weighted by Crippen LogP contribution is -2.08. The standard InChI is InChI=1S/C16H16ClNO2/c1-12-6-4-7-13(18-12)8-5-11-20-16(19)14-9-2-3-10-15(14)17/h2-4,6-7,9-10H,5,8,11H2,1H3. The highest BCUT2D eigenvalue weighted by Crippen LogP contribution is 2.16. The lowest BCUT2D eigenvalue weighted by molar-refractivity contribution is 0.0500. The molecule has 4 heteroatoms. The Hall–Kier alpha value is -1.87. The first-order valence-corrected chi connectivity index (χ1v) is 6.89. The van der Waals surface area contributed by atoms with E-state index in [1.165, 1.54) is 0 Å². The fraction of sp³-hybridized carbons (Fsp3) is 0.250. The zero-order chi connectivity index (χ0) is 14.4. The Kier molecular flexibility index (Phi) is 5.13. The Morgan fingerprint density at radius 2 is 2.00 bits per heavy atom. The maximum Gasteiger partial charge on any atom is 0.339 e. The molecule has 0 atom stereocenters. The van der Waals surface area contributed by atoms with Gasteiger partial charge in [-0.05, 0) is 44.0 Å². The predicted octanol–water partition coefficient (Wildman–Crippen LogP) is 3.83. The number of benzene rings is 1. The molecule has 0 radical (unpaired) electrons. The molecule has 0 amide bonds. The second-order valence-corrected chi connectivity index (χ2v) is 4.90. The number of nitrogens with zero attached hydrogens (tertiary/aromatic N) is 1. The third-order valence-electron chi connectivity index (χ3n) is 2.85. The molecule has 0 N–H and O–H groups in total. The van der Waals surface area contributed by atoms with E-state index in [4.69, 9.17) is 16.3 Å². The summed E-state index contributed by atoms with van der Waals surface area (Å²) in [4.78, 5) is 16.2. The lowest BCUT2D eigenvalue weighted by atomic mass is 10.2. The molecule has 0 aliphatic heterocycles. The van der Waals surface area contributed by atoms with Gasteiger partial charge in [-0.25, -0.2) is 4.79 Å². The summed E-state index contributed by atoms with van der Waals surface area (Å²) in [6, 6.07) is 12.8. The zero-order valence-corrected chi connectivity index (χ0v) is 12.1. The number of rotatable bonds is 5. The van der Waals surface area contributed by atoms with Crippen molar-refractivity contribution < 1.29 is 9.53 Å². The van der Waals surface area contributed by atoms with Gasteiger partial charge in [-0.3, -0.25) is 4.98 Å². The number of hydrogen-bond acceptors (Lipinski definition) is 3. The first-order chi connectivity index (χ1) is 9.66. The Bertz CT molecular complexity index is 599. The van der Waals surface area contributed by atoms with Crippen molar-refractivity contribution in [2.24, 2.45) is 0 Å². The molecule has 2 rings (SSSR count).